The molecule has 0 aliphatic rings. The third kappa shape index (κ3) is 7.64. The molecule has 94 valence electrons. The van der Waals surface area contributed by atoms with E-state index >= 15 is 0 Å². The van der Waals surface area contributed by atoms with Crippen molar-refractivity contribution in [2.45, 2.75) is 53.4 Å². The van der Waals surface area contributed by atoms with E-state index in [4.69, 9.17) is 5.11 Å². The molecule has 17 heavy (non-hydrogen) atoms. The average Bonchev–Trinajstić information content (AvgIpc) is 2.31. The molecule has 0 aromatic carbocycles. The van der Waals surface area contributed by atoms with Gasteiger partial charge in [0.15, 0.2) is 0 Å². The van der Waals surface area contributed by atoms with Crippen molar-refractivity contribution in [1.29, 1.82) is 0 Å². The van der Waals surface area contributed by atoms with Crippen molar-refractivity contribution in [2.75, 3.05) is 6.61 Å². The largest absolute Gasteiger partial charge is 0.384 e. The standard InChI is InChI=1S/C16H24O/c1-5-7-9-16(10-8-13-17)15(6-2)12-11-14(3)4/h12,17H,5-7,9,13H2,1-4H3/b16-15-. The number of aliphatic hydroxyl groups excluding tert-OH is 1. The molecule has 0 spiro atoms. The van der Waals surface area contributed by atoms with Crippen molar-refractivity contribution in [3.63, 3.8) is 0 Å². The van der Waals surface area contributed by atoms with Gasteiger partial charge in [0.25, 0.3) is 0 Å². The van der Waals surface area contributed by atoms with E-state index in [0.717, 1.165) is 31.3 Å². The van der Waals surface area contributed by atoms with Crippen LogP contribution in [0.3, 0.4) is 0 Å². The van der Waals surface area contributed by atoms with Gasteiger partial charge in [-0.25, -0.2) is 0 Å². The quantitative estimate of drug-likeness (QED) is 0.431. The molecule has 0 radical (unpaired) electrons. The summed E-state index contributed by atoms with van der Waals surface area (Å²) in [7, 11) is 0. The summed E-state index contributed by atoms with van der Waals surface area (Å²) < 4.78 is 0. The molecular formula is C16H24O. The van der Waals surface area contributed by atoms with Gasteiger partial charge in [-0.05, 0) is 50.3 Å². The normalized spacial score (nSPS) is 10.9. The van der Waals surface area contributed by atoms with Crippen LogP contribution < -0.4 is 0 Å². The van der Waals surface area contributed by atoms with Gasteiger partial charge in [0.2, 0.25) is 0 Å². The van der Waals surface area contributed by atoms with E-state index in [1.807, 2.05) is 19.9 Å². The fourth-order valence-electron chi connectivity index (χ4n) is 1.44. The highest BCUT2D eigenvalue weighted by atomic mass is 16.2. The number of aliphatic hydroxyl groups is 1. The maximum absolute atomic E-state index is 8.79. The molecule has 0 atom stereocenters. The lowest BCUT2D eigenvalue weighted by atomic mass is 10.0. The maximum atomic E-state index is 8.79. The van der Waals surface area contributed by atoms with E-state index in [2.05, 4.69) is 31.4 Å². The van der Waals surface area contributed by atoms with Crippen LogP contribution in [0.25, 0.3) is 0 Å². The molecular weight excluding hydrogens is 208 g/mol. The number of hydrogen-bond acceptors (Lipinski definition) is 1. The Balaban J connectivity index is 5.20. The Bertz CT molecular complexity index is 364. The molecule has 0 aromatic rings. The zero-order valence-electron chi connectivity index (χ0n) is 11.6. The highest BCUT2D eigenvalue weighted by molar-refractivity contribution is 5.39. The molecule has 0 rings (SSSR count). The summed E-state index contributed by atoms with van der Waals surface area (Å²) in [6, 6.07) is 0. The first-order chi connectivity index (χ1) is 8.15. The lowest BCUT2D eigenvalue weighted by molar-refractivity contribution is 0.350. The Morgan fingerprint density at radius 1 is 1.24 bits per heavy atom. The number of rotatable bonds is 5. The minimum atomic E-state index is -0.0705. The smallest absolute Gasteiger partial charge is 0.104 e. The zero-order valence-corrected chi connectivity index (χ0v) is 11.6. The zero-order chi connectivity index (χ0) is 13.1. The lowest BCUT2D eigenvalue weighted by Gasteiger charge is -2.04. The monoisotopic (exact) mass is 232 g/mol. The Kier molecular flexibility index (Phi) is 9.25. The first-order valence-electron chi connectivity index (χ1n) is 6.37. The maximum Gasteiger partial charge on any atom is 0.104 e. The van der Waals surface area contributed by atoms with Crippen LogP contribution in [-0.4, -0.2) is 11.7 Å². The van der Waals surface area contributed by atoms with Gasteiger partial charge in [0.1, 0.15) is 6.61 Å². The SMILES string of the molecule is CCCC/C(C#CCO)=C(/C=C=C(C)C)CC. The van der Waals surface area contributed by atoms with Crippen LogP contribution in [0.15, 0.2) is 28.5 Å². The Morgan fingerprint density at radius 3 is 2.41 bits per heavy atom. The fraction of sp³-hybridized carbons (Fsp3) is 0.562. The summed E-state index contributed by atoms with van der Waals surface area (Å²) in [4.78, 5) is 0. The van der Waals surface area contributed by atoms with Gasteiger partial charge in [-0.1, -0.05) is 32.1 Å². The van der Waals surface area contributed by atoms with Crippen molar-refractivity contribution in [3.05, 3.63) is 28.5 Å². The summed E-state index contributed by atoms with van der Waals surface area (Å²) in [6.45, 7) is 8.31. The van der Waals surface area contributed by atoms with E-state index in [9.17, 15) is 0 Å². The van der Waals surface area contributed by atoms with Gasteiger partial charge in [-0.2, -0.15) is 0 Å². The first-order valence-corrected chi connectivity index (χ1v) is 6.37. The molecule has 1 heteroatoms. The summed E-state index contributed by atoms with van der Waals surface area (Å²) in [5.74, 6) is 5.83. The number of unbranched alkanes of at least 4 members (excludes halogenated alkanes) is 1. The van der Waals surface area contributed by atoms with E-state index < -0.39 is 0 Å². The minimum absolute atomic E-state index is 0.0705. The van der Waals surface area contributed by atoms with E-state index in [-0.39, 0.29) is 6.61 Å². The summed E-state index contributed by atoms with van der Waals surface area (Å²) >= 11 is 0. The number of allylic oxidation sites excluding steroid dienone is 3. The highest BCUT2D eigenvalue weighted by Gasteiger charge is 1.99. The van der Waals surface area contributed by atoms with Crippen molar-refractivity contribution in [1.82, 2.24) is 0 Å². The molecule has 0 fully saturated rings. The first kappa shape index (κ1) is 15.8. The second-order valence-corrected chi connectivity index (χ2v) is 4.21. The molecule has 0 saturated carbocycles. The summed E-state index contributed by atoms with van der Waals surface area (Å²) in [6.07, 6.45) is 6.29. The topological polar surface area (TPSA) is 20.2 Å². The molecule has 0 aliphatic carbocycles. The van der Waals surface area contributed by atoms with Crippen LogP contribution >= 0.6 is 0 Å². The van der Waals surface area contributed by atoms with E-state index in [0.29, 0.717) is 0 Å². The van der Waals surface area contributed by atoms with Gasteiger partial charge in [0.05, 0.1) is 0 Å². The van der Waals surface area contributed by atoms with Crippen LogP contribution in [-0.2, 0) is 0 Å². The highest BCUT2D eigenvalue weighted by Crippen LogP contribution is 2.16. The van der Waals surface area contributed by atoms with Gasteiger partial charge in [0, 0.05) is 5.57 Å². The third-order valence-corrected chi connectivity index (χ3v) is 2.40. The van der Waals surface area contributed by atoms with Gasteiger partial charge in [-0.3, -0.25) is 0 Å². The Hall–Kier alpha value is -1.22. The molecule has 0 bridgehead atoms. The molecule has 0 heterocycles. The lowest BCUT2D eigenvalue weighted by Crippen LogP contribution is -1.88. The van der Waals surface area contributed by atoms with Crippen LogP contribution in [0.4, 0.5) is 0 Å². The van der Waals surface area contributed by atoms with Crippen LogP contribution in [0.1, 0.15) is 53.4 Å². The van der Waals surface area contributed by atoms with Gasteiger partial charge < -0.3 is 5.11 Å². The van der Waals surface area contributed by atoms with Crippen LogP contribution in [0, 0.1) is 11.8 Å². The molecule has 0 amide bonds. The van der Waals surface area contributed by atoms with E-state index in [1.165, 1.54) is 11.1 Å². The van der Waals surface area contributed by atoms with Crippen molar-refractivity contribution >= 4 is 0 Å². The predicted molar refractivity (Wildman–Crippen MR) is 74.6 cm³/mol. The molecule has 0 aliphatic heterocycles. The Labute approximate surface area is 106 Å². The van der Waals surface area contributed by atoms with Gasteiger partial charge >= 0.3 is 0 Å². The van der Waals surface area contributed by atoms with Crippen molar-refractivity contribution in [2.24, 2.45) is 0 Å². The Morgan fingerprint density at radius 2 is 1.94 bits per heavy atom. The van der Waals surface area contributed by atoms with Crippen molar-refractivity contribution < 1.29 is 5.11 Å². The summed E-state index contributed by atoms with van der Waals surface area (Å²) in [5.41, 5.74) is 6.79. The molecule has 1 N–H and O–H groups in total. The number of hydrogen-bond donors (Lipinski definition) is 1. The molecule has 0 saturated heterocycles. The second kappa shape index (κ2) is 9.97. The average molecular weight is 232 g/mol. The molecule has 0 aromatic heterocycles. The van der Waals surface area contributed by atoms with Gasteiger partial charge in [-0.15, -0.1) is 5.73 Å². The predicted octanol–water partition coefficient (Wildman–Crippen LogP) is 4.00. The minimum Gasteiger partial charge on any atom is -0.384 e. The van der Waals surface area contributed by atoms with Crippen molar-refractivity contribution in [3.8, 4) is 11.8 Å². The molecule has 0 unspecified atom stereocenters. The molecule has 1 nitrogen and oxygen atoms in total. The van der Waals surface area contributed by atoms with Crippen LogP contribution in [0.5, 0.6) is 0 Å². The second-order valence-electron chi connectivity index (χ2n) is 4.21. The van der Waals surface area contributed by atoms with E-state index in [1.54, 1.807) is 0 Å². The van der Waals surface area contributed by atoms with Crippen LogP contribution in [0.2, 0.25) is 0 Å². The fourth-order valence-corrected chi connectivity index (χ4v) is 1.44. The summed E-state index contributed by atoms with van der Waals surface area (Å²) in [5, 5.41) is 8.79. The third-order valence-electron chi connectivity index (χ3n) is 2.40.